The van der Waals surface area contributed by atoms with E-state index in [1.807, 2.05) is 13.8 Å². The summed E-state index contributed by atoms with van der Waals surface area (Å²) in [7, 11) is 1.58. The number of rotatable bonds is 6. The lowest BCUT2D eigenvalue weighted by Crippen LogP contribution is -2.24. The molecule has 1 N–H and O–H groups in total. The number of carbonyl (C=O) groups excluding carboxylic acids is 1. The van der Waals surface area contributed by atoms with Crippen molar-refractivity contribution in [2.75, 3.05) is 12.4 Å². The number of aromatic nitrogens is 2. The number of hydrogen-bond acceptors (Lipinski definition) is 3. The van der Waals surface area contributed by atoms with Gasteiger partial charge in [-0.3, -0.25) is 9.48 Å². The van der Waals surface area contributed by atoms with E-state index in [-0.39, 0.29) is 11.3 Å². The molecule has 0 bridgehead atoms. The van der Waals surface area contributed by atoms with Gasteiger partial charge in [0.1, 0.15) is 0 Å². The molecule has 0 aliphatic rings. The lowest BCUT2D eigenvalue weighted by atomic mass is 10.1. The number of halogens is 5. The maximum atomic E-state index is 14.1. The van der Waals surface area contributed by atoms with Crippen LogP contribution in [0.1, 0.15) is 36.2 Å². The third-order valence-electron chi connectivity index (χ3n) is 4.01. The summed E-state index contributed by atoms with van der Waals surface area (Å²) in [5, 5.41) is 5.66. The molecule has 1 aromatic carbocycles. The van der Waals surface area contributed by atoms with Crippen molar-refractivity contribution in [3.8, 4) is 0 Å². The van der Waals surface area contributed by atoms with Crippen molar-refractivity contribution in [1.29, 1.82) is 0 Å². The largest absolute Gasteiger partial charge is 0.417 e. The summed E-state index contributed by atoms with van der Waals surface area (Å²) in [6, 6.07) is 1.32. The van der Waals surface area contributed by atoms with E-state index >= 15 is 0 Å². The number of aryl methyl sites for hydroxylation is 1. The Morgan fingerprint density at radius 2 is 2.00 bits per heavy atom. The molecule has 148 valence electrons. The molecule has 0 radical (unpaired) electrons. The number of hydrogen-bond donors (Lipinski definition) is 1. The molecule has 10 heteroatoms. The summed E-state index contributed by atoms with van der Waals surface area (Å²) in [5.41, 5.74) is -2.83. The Balaban J connectivity index is 2.21. The highest BCUT2D eigenvalue weighted by molar-refractivity contribution is 6.31. The minimum absolute atomic E-state index is 0.128. The van der Waals surface area contributed by atoms with Crippen LogP contribution in [0.4, 0.5) is 23.2 Å². The highest BCUT2D eigenvalue weighted by Gasteiger charge is 2.37. The third kappa shape index (κ3) is 5.20. The summed E-state index contributed by atoms with van der Waals surface area (Å²) in [4.78, 5) is 12.3. The van der Waals surface area contributed by atoms with Crippen molar-refractivity contribution in [2.45, 2.75) is 38.6 Å². The van der Waals surface area contributed by atoms with E-state index in [1.165, 1.54) is 17.1 Å². The van der Waals surface area contributed by atoms with Crippen molar-refractivity contribution in [3.63, 3.8) is 0 Å². The van der Waals surface area contributed by atoms with Crippen LogP contribution in [0.25, 0.3) is 0 Å². The van der Waals surface area contributed by atoms with Crippen LogP contribution in [0.15, 0.2) is 24.5 Å². The van der Waals surface area contributed by atoms with Crippen LogP contribution in [-0.4, -0.2) is 28.4 Å². The molecule has 27 heavy (non-hydrogen) atoms. The van der Waals surface area contributed by atoms with Gasteiger partial charge in [-0.25, -0.2) is 4.39 Å². The summed E-state index contributed by atoms with van der Waals surface area (Å²) >= 11 is 5.53. The Labute approximate surface area is 158 Å². The van der Waals surface area contributed by atoms with Crippen LogP contribution in [0.2, 0.25) is 5.02 Å². The molecular formula is C17H18ClF4N3O2. The lowest BCUT2D eigenvalue weighted by molar-refractivity contribution is -0.138. The van der Waals surface area contributed by atoms with E-state index in [9.17, 15) is 22.4 Å². The van der Waals surface area contributed by atoms with E-state index in [1.54, 1.807) is 7.11 Å². The zero-order valence-electron chi connectivity index (χ0n) is 14.8. The minimum Gasteiger partial charge on any atom is -0.379 e. The monoisotopic (exact) mass is 407 g/mol. The summed E-state index contributed by atoms with van der Waals surface area (Å²) in [6.07, 6.45) is -1.61. The fourth-order valence-electron chi connectivity index (χ4n) is 2.24. The van der Waals surface area contributed by atoms with Crippen molar-refractivity contribution >= 4 is 23.2 Å². The molecule has 1 aromatic heterocycles. The Morgan fingerprint density at radius 3 is 2.59 bits per heavy atom. The third-order valence-corrected chi connectivity index (χ3v) is 4.31. The van der Waals surface area contributed by atoms with Gasteiger partial charge in [-0.1, -0.05) is 11.6 Å². The van der Waals surface area contributed by atoms with Gasteiger partial charge in [0.25, 0.3) is 5.91 Å². The van der Waals surface area contributed by atoms with E-state index in [0.717, 1.165) is 6.07 Å². The average Bonchev–Trinajstić information content (AvgIpc) is 3.01. The van der Waals surface area contributed by atoms with Gasteiger partial charge in [0.2, 0.25) is 0 Å². The number of carbonyl (C=O) groups is 1. The second-order valence-electron chi connectivity index (χ2n) is 6.44. The molecule has 0 saturated carbocycles. The smallest absolute Gasteiger partial charge is 0.379 e. The molecule has 2 aromatic rings. The molecule has 0 atom stereocenters. The molecule has 0 fully saturated rings. The van der Waals surface area contributed by atoms with Crippen LogP contribution >= 0.6 is 11.6 Å². The van der Waals surface area contributed by atoms with Gasteiger partial charge in [-0.05, 0) is 32.4 Å². The summed E-state index contributed by atoms with van der Waals surface area (Å²) in [6.45, 7) is 4.23. The number of nitrogens with one attached hydrogen (secondary N) is 1. The number of ether oxygens (including phenoxy) is 1. The van der Waals surface area contributed by atoms with Crippen LogP contribution < -0.4 is 5.32 Å². The number of amides is 1. The van der Waals surface area contributed by atoms with Crippen molar-refractivity contribution < 1.29 is 27.1 Å². The summed E-state index contributed by atoms with van der Waals surface area (Å²) < 4.78 is 60.2. The maximum absolute atomic E-state index is 14.1. The predicted octanol–water partition coefficient (Wildman–Crippen LogP) is 4.76. The second kappa shape index (κ2) is 7.85. The molecule has 0 unspecified atom stereocenters. The molecule has 0 saturated heterocycles. The molecule has 1 amide bonds. The van der Waals surface area contributed by atoms with Gasteiger partial charge in [-0.2, -0.15) is 18.3 Å². The van der Waals surface area contributed by atoms with E-state index in [4.69, 9.17) is 16.3 Å². The van der Waals surface area contributed by atoms with Gasteiger partial charge in [-0.15, -0.1) is 0 Å². The second-order valence-corrected chi connectivity index (χ2v) is 6.85. The van der Waals surface area contributed by atoms with Gasteiger partial charge < -0.3 is 10.1 Å². The molecule has 5 nitrogen and oxygen atoms in total. The average molecular weight is 408 g/mol. The minimum atomic E-state index is -4.91. The number of nitrogens with zero attached hydrogens (tertiary/aromatic N) is 2. The van der Waals surface area contributed by atoms with Gasteiger partial charge in [0.15, 0.2) is 5.82 Å². The topological polar surface area (TPSA) is 56.1 Å². The normalized spacial score (nSPS) is 12.3. The first kappa shape index (κ1) is 21.2. The van der Waals surface area contributed by atoms with Gasteiger partial charge in [0.05, 0.1) is 33.6 Å². The number of alkyl halides is 3. The number of anilines is 1. The first-order valence-electron chi connectivity index (χ1n) is 7.89. The van der Waals surface area contributed by atoms with Gasteiger partial charge >= 0.3 is 6.18 Å². The molecular weight excluding hydrogens is 390 g/mol. The van der Waals surface area contributed by atoms with Gasteiger partial charge in [0, 0.05) is 19.9 Å². The maximum Gasteiger partial charge on any atom is 0.417 e. The molecule has 1 heterocycles. The predicted molar refractivity (Wildman–Crippen MR) is 92.3 cm³/mol. The molecule has 0 aliphatic carbocycles. The van der Waals surface area contributed by atoms with E-state index < -0.39 is 34.1 Å². The molecule has 2 rings (SSSR count). The zero-order valence-corrected chi connectivity index (χ0v) is 15.6. The quantitative estimate of drug-likeness (QED) is 0.702. The zero-order chi connectivity index (χ0) is 20.4. The fraction of sp³-hybridized carbons (Fsp3) is 0.412. The first-order chi connectivity index (χ1) is 12.4. The Kier molecular flexibility index (Phi) is 6.16. The van der Waals surface area contributed by atoms with Crippen molar-refractivity contribution in [3.05, 3.63) is 46.5 Å². The van der Waals surface area contributed by atoms with Crippen molar-refractivity contribution in [2.24, 2.45) is 0 Å². The van der Waals surface area contributed by atoms with Crippen molar-refractivity contribution in [1.82, 2.24) is 9.78 Å². The molecule has 0 aliphatic heterocycles. The van der Waals surface area contributed by atoms with E-state index in [0.29, 0.717) is 19.0 Å². The standard InChI is InChI=1S/C17H18ClF4N3O2/c1-16(2,27-3)6-7-25-9-10(8-23-25)24-15(26)13-11(17(20,21)22)4-5-12(18)14(13)19/h4-5,8-9H,6-7H2,1-3H3,(H,24,26). The Hall–Kier alpha value is -2.13. The number of benzene rings is 1. The Morgan fingerprint density at radius 1 is 1.33 bits per heavy atom. The number of methoxy groups -OCH3 is 1. The first-order valence-corrected chi connectivity index (χ1v) is 8.26. The highest BCUT2D eigenvalue weighted by atomic mass is 35.5. The Bertz CT molecular complexity index is 834. The SMILES string of the molecule is COC(C)(C)CCn1cc(NC(=O)c2c(C(F)(F)F)ccc(Cl)c2F)cn1. The lowest BCUT2D eigenvalue weighted by Gasteiger charge is -2.22. The van der Waals surface area contributed by atoms with E-state index in [2.05, 4.69) is 10.4 Å². The van der Waals surface area contributed by atoms with Crippen LogP contribution in [0, 0.1) is 5.82 Å². The van der Waals surface area contributed by atoms with Crippen LogP contribution in [0.3, 0.4) is 0 Å². The van der Waals surface area contributed by atoms with Crippen LogP contribution in [0.5, 0.6) is 0 Å². The van der Waals surface area contributed by atoms with Crippen LogP contribution in [-0.2, 0) is 17.5 Å². The fourth-order valence-corrected chi connectivity index (χ4v) is 2.40. The summed E-state index contributed by atoms with van der Waals surface area (Å²) in [5.74, 6) is -2.70. The molecule has 0 spiro atoms. The highest BCUT2D eigenvalue weighted by Crippen LogP contribution is 2.35.